The zero-order valence-corrected chi connectivity index (χ0v) is 9.89. The number of halogens is 1. The molecule has 46 valence electrons. The zero-order valence-electron chi connectivity index (χ0n) is 5.34. The standard InChI is InChI=1S/C7H4N.BrH.Zn/c8-6-7-4-2-1-3-5-7;;/h2-5H;1H;/q-1;;+2/p-1. The van der Waals surface area contributed by atoms with Gasteiger partial charge in [-0.25, -0.2) is 0 Å². The predicted molar refractivity (Wildman–Crippen MR) is 38.9 cm³/mol. The van der Waals surface area contributed by atoms with E-state index in [9.17, 15) is 0 Å². The third kappa shape index (κ3) is 3.77. The molecule has 0 aliphatic heterocycles. The number of benzene rings is 1. The van der Waals surface area contributed by atoms with Crippen LogP contribution in [0.3, 0.4) is 0 Å². The van der Waals surface area contributed by atoms with Gasteiger partial charge in [0, 0.05) is 0 Å². The van der Waals surface area contributed by atoms with Gasteiger partial charge in [0.15, 0.2) is 0 Å². The van der Waals surface area contributed by atoms with Crippen molar-refractivity contribution in [1.29, 1.82) is 5.26 Å². The maximum absolute atomic E-state index is 8.27. The minimum absolute atomic E-state index is 0.684. The molecule has 10 heavy (non-hydrogen) atoms. The summed E-state index contributed by atoms with van der Waals surface area (Å²) in [6.07, 6.45) is 0. The molecule has 1 aromatic rings. The van der Waals surface area contributed by atoms with Crippen LogP contribution in [-0.2, 0) is 16.3 Å². The second-order valence-corrected chi connectivity index (χ2v) is 1.40. The first-order valence-corrected chi connectivity index (χ1v) is 9.51. The molecule has 0 unspecified atom stereocenters. The number of nitriles is 1. The molecular weight excluding hydrogens is 243 g/mol. The van der Waals surface area contributed by atoms with E-state index < -0.39 is 0 Å². The molecule has 1 aromatic carbocycles. The summed E-state index contributed by atoms with van der Waals surface area (Å²) in [6.45, 7) is 0. The first-order chi connectivity index (χ1) is 4.93. The van der Waals surface area contributed by atoms with E-state index in [2.05, 4.69) is 19.7 Å². The second-order valence-electron chi connectivity index (χ2n) is 1.40. The van der Waals surface area contributed by atoms with Gasteiger partial charge in [-0.1, -0.05) is 5.56 Å². The van der Waals surface area contributed by atoms with Crippen LogP contribution in [0.2, 0.25) is 0 Å². The average molecular weight is 247 g/mol. The minimum atomic E-state index is 0.684. The van der Waals surface area contributed by atoms with Crippen LogP contribution in [0.15, 0.2) is 24.3 Å². The molecule has 0 atom stereocenters. The average Bonchev–Trinajstić information content (AvgIpc) is 2.10. The third-order valence-corrected chi connectivity index (χ3v) is 0.847. The number of rotatable bonds is 0. The molecule has 0 amide bonds. The Kier molecular flexibility index (Phi) is 6.80. The van der Waals surface area contributed by atoms with Gasteiger partial charge in [-0.15, -0.1) is 0 Å². The van der Waals surface area contributed by atoms with Crippen molar-refractivity contribution < 1.29 is 16.3 Å². The normalized spacial score (nSPS) is 7.00. The molecule has 1 nitrogen and oxygen atoms in total. The van der Waals surface area contributed by atoms with E-state index in [0.29, 0.717) is 5.56 Å². The second kappa shape index (κ2) is 6.93. The van der Waals surface area contributed by atoms with Crippen molar-refractivity contribution in [3.63, 3.8) is 0 Å². The molecule has 0 radical (unpaired) electrons. The summed E-state index contributed by atoms with van der Waals surface area (Å²) in [5.41, 5.74) is 0.684. The van der Waals surface area contributed by atoms with Gasteiger partial charge in [-0.2, -0.15) is 35.6 Å². The van der Waals surface area contributed by atoms with E-state index in [0.717, 1.165) is 0 Å². The molecule has 0 bridgehead atoms. The summed E-state index contributed by atoms with van der Waals surface area (Å²) < 4.78 is 0. The van der Waals surface area contributed by atoms with Gasteiger partial charge < -0.3 is 0 Å². The van der Waals surface area contributed by atoms with Crippen LogP contribution in [0.1, 0.15) is 5.56 Å². The van der Waals surface area contributed by atoms with Crippen molar-refractivity contribution in [2.24, 2.45) is 0 Å². The number of nitrogens with zero attached hydrogens (tertiary/aromatic N) is 1. The van der Waals surface area contributed by atoms with Crippen LogP contribution < -0.4 is 0 Å². The van der Waals surface area contributed by atoms with E-state index in [4.69, 9.17) is 5.26 Å². The summed E-state index contributed by atoms with van der Waals surface area (Å²) in [5.74, 6) is 0. The van der Waals surface area contributed by atoms with Gasteiger partial charge in [-0.3, -0.25) is 0 Å². The predicted octanol–water partition coefficient (Wildman–Crippen LogP) is 2.20. The Morgan fingerprint density at radius 2 is 1.90 bits per heavy atom. The Bertz CT molecular complexity index is 205. The van der Waals surface area contributed by atoms with Crippen molar-refractivity contribution in [2.45, 2.75) is 0 Å². The van der Waals surface area contributed by atoms with E-state index >= 15 is 0 Å². The third-order valence-electron chi connectivity index (χ3n) is 0.847. The Hall–Kier alpha value is -0.187. The van der Waals surface area contributed by atoms with Crippen molar-refractivity contribution in [2.75, 3.05) is 0 Å². The molecule has 0 aliphatic carbocycles. The molecule has 0 heterocycles. The van der Waals surface area contributed by atoms with Crippen LogP contribution >= 0.6 is 13.6 Å². The van der Waals surface area contributed by atoms with Gasteiger partial charge in [0.2, 0.25) is 0 Å². The van der Waals surface area contributed by atoms with E-state index in [-0.39, 0.29) is 0 Å². The fourth-order valence-corrected chi connectivity index (χ4v) is 0.461. The monoisotopic (exact) mass is 245 g/mol. The Morgan fingerprint density at radius 1 is 1.40 bits per heavy atom. The van der Waals surface area contributed by atoms with Crippen molar-refractivity contribution in [1.82, 2.24) is 0 Å². The SMILES string of the molecule is N#Cc1cc[c-]cc1.[Zn+][Br]. The Balaban J connectivity index is 0.000000371. The summed E-state index contributed by atoms with van der Waals surface area (Å²) in [7, 11) is 0. The van der Waals surface area contributed by atoms with Gasteiger partial charge in [0.25, 0.3) is 0 Å². The van der Waals surface area contributed by atoms with Crippen molar-refractivity contribution in [3.05, 3.63) is 35.9 Å². The van der Waals surface area contributed by atoms with Gasteiger partial charge in [0.05, 0.1) is 6.07 Å². The van der Waals surface area contributed by atoms with Crippen LogP contribution in [0.5, 0.6) is 0 Å². The molecule has 0 saturated heterocycles. The summed E-state index contributed by atoms with van der Waals surface area (Å²) >= 11 is 4.25. The number of hydrogen-bond acceptors (Lipinski definition) is 1. The molecular formula is C7H4BrNZn. The van der Waals surface area contributed by atoms with E-state index in [1.54, 1.807) is 24.3 Å². The van der Waals surface area contributed by atoms with Crippen LogP contribution in [-0.4, -0.2) is 0 Å². The fourth-order valence-electron chi connectivity index (χ4n) is 0.461. The summed E-state index contributed by atoms with van der Waals surface area (Å²) in [6, 6.07) is 11.7. The topological polar surface area (TPSA) is 23.8 Å². The maximum atomic E-state index is 8.27. The first kappa shape index (κ1) is 9.81. The van der Waals surface area contributed by atoms with Gasteiger partial charge in [0.1, 0.15) is 0 Å². The molecule has 0 aromatic heterocycles. The molecule has 0 N–H and O–H groups in total. The van der Waals surface area contributed by atoms with Crippen LogP contribution in [0.4, 0.5) is 0 Å². The molecule has 0 spiro atoms. The van der Waals surface area contributed by atoms with Crippen LogP contribution in [0, 0.1) is 17.4 Å². The van der Waals surface area contributed by atoms with Gasteiger partial charge in [-0.05, 0) is 0 Å². The molecule has 0 aliphatic rings. The van der Waals surface area contributed by atoms with Crippen molar-refractivity contribution >= 4 is 13.6 Å². The molecule has 0 fully saturated rings. The summed E-state index contributed by atoms with van der Waals surface area (Å²) in [5, 5.41) is 8.27. The number of hydrogen-bond donors (Lipinski definition) is 0. The van der Waals surface area contributed by atoms with E-state index in [1.165, 1.54) is 16.3 Å². The van der Waals surface area contributed by atoms with E-state index in [1.807, 2.05) is 6.07 Å². The molecule has 1 rings (SSSR count). The van der Waals surface area contributed by atoms with Gasteiger partial charge >= 0.3 is 30.0 Å². The quantitative estimate of drug-likeness (QED) is 0.509. The molecule has 3 heteroatoms. The Morgan fingerprint density at radius 3 is 2.20 bits per heavy atom. The fraction of sp³-hybridized carbons (Fsp3) is 0. The van der Waals surface area contributed by atoms with Crippen LogP contribution in [0.25, 0.3) is 0 Å². The Labute approximate surface area is 77.1 Å². The first-order valence-electron chi connectivity index (χ1n) is 2.56. The summed E-state index contributed by atoms with van der Waals surface area (Å²) in [4.78, 5) is 0. The zero-order chi connectivity index (χ0) is 7.82. The molecule has 0 saturated carbocycles. The van der Waals surface area contributed by atoms with Crippen molar-refractivity contribution in [3.8, 4) is 6.07 Å².